The Balaban J connectivity index is 1.88. The monoisotopic (exact) mass is 486 g/mol. The normalized spacial score (nSPS) is 14.1. The summed E-state index contributed by atoms with van der Waals surface area (Å²) in [4.78, 5) is 12.5. The molecule has 3 rings (SSSR count). The molecule has 1 saturated carbocycles. The minimum atomic E-state index is -3.74. The highest BCUT2D eigenvalue weighted by molar-refractivity contribution is 14.1. The summed E-state index contributed by atoms with van der Waals surface area (Å²) in [6.45, 7) is 1.99. The second-order valence-electron chi connectivity index (χ2n) is 6.18. The number of nitrogens with one attached hydrogen (secondary N) is 2. The summed E-state index contributed by atoms with van der Waals surface area (Å²) in [5.41, 5.74) is 2.02. The summed E-state index contributed by atoms with van der Waals surface area (Å²) in [6, 6.07) is 9.95. The van der Waals surface area contributed by atoms with Gasteiger partial charge in [0.25, 0.3) is 5.91 Å². The first-order valence-electron chi connectivity index (χ1n) is 8.08. The second kappa shape index (κ2) is 7.53. The molecule has 2 aromatic carbocycles. The summed E-state index contributed by atoms with van der Waals surface area (Å²) >= 11 is 2.20. The molecule has 0 saturated heterocycles. The van der Waals surface area contributed by atoms with Gasteiger partial charge in [0.2, 0.25) is 10.0 Å². The highest BCUT2D eigenvalue weighted by Crippen LogP contribution is 2.28. The number of halogens is 1. The number of anilines is 1. The van der Waals surface area contributed by atoms with Gasteiger partial charge in [-0.1, -0.05) is 6.07 Å². The molecule has 26 heavy (non-hydrogen) atoms. The molecule has 0 spiro atoms. The minimum absolute atomic E-state index is 0.0296. The molecule has 2 aromatic rings. The van der Waals surface area contributed by atoms with Gasteiger partial charge in [-0.3, -0.25) is 4.79 Å². The Labute approximate surface area is 166 Å². The van der Waals surface area contributed by atoms with Gasteiger partial charge in [0.1, 0.15) is 10.6 Å². The first kappa shape index (κ1) is 19.1. The summed E-state index contributed by atoms with van der Waals surface area (Å²) in [5, 5.41) is 2.80. The van der Waals surface area contributed by atoms with E-state index in [4.69, 9.17) is 4.74 Å². The molecular formula is C18H19IN2O4S. The molecule has 0 unspecified atom stereocenters. The highest BCUT2D eigenvalue weighted by Gasteiger charge is 2.30. The molecule has 0 radical (unpaired) electrons. The van der Waals surface area contributed by atoms with E-state index in [1.807, 2.05) is 25.1 Å². The Bertz CT molecular complexity index is 956. The lowest BCUT2D eigenvalue weighted by atomic mass is 10.2. The fourth-order valence-electron chi connectivity index (χ4n) is 2.39. The van der Waals surface area contributed by atoms with Gasteiger partial charge < -0.3 is 10.1 Å². The number of hydrogen-bond donors (Lipinski definition) is 2. The van der Waals surface area contributed by atoms with E-state index in [0.717, 1.165) is 22.0 Å². The van der Waals surface area contributed by atoms with Crippen LogP contribution in [0.5, 0.6) is 5.75 Å². The summed E-state index contributed by atoms with van der Waals surface area (Å²) in [5.74, 6) is -0.172. The molecule has 138 valence electrons. The van der Waals surface area contributed by atoms with Gasteiger partial charge in [-0.15, -0.1) is 0 Å². The van der Waals surface area contributed by atoms with Crippen LogP contribution in [0.15, 0.2) is 41.3 Å². The van der Waals surface area contributed by atoms with E-state index >= 15 is 0 Å². The number of ether oxygens (including phenoxy) is 1. The van der Waals surface area contributed by atoms with E-state index in [2.05, 4.69) is 32.6 Å². The number of sulfonamides is 1. The average Bonchev–Trinajstić information content (AvgIpc) is 3.40. The van der Waals surface area contributed by atoms with Crippen molar-refractivity contribution in [3.05, 3.63) is 51.1 Å². The lowest BCUT2D eigenvalue weighted by Gasteiger charge is -2.12. The molecule has 0 heterocycles. The molecule has 1 amide bonds. The molecule has 2 N–H and O–H groups in total. The fraction of sp³-hybridized carbons (Fsp3) is 0.278. The predicted molar refractivity (Wildman–Crippen MR) is 108 cm³/mol. The van der Waals surface area contributed by atoms with E-state index in [0.29, 0.717) is 5.69 Å². The van der Waals surface area contributed by atoms with Crippen LogP contribution in [0.4, 0.5) is 5.69 Å². The number of amides is 1. The van der Waals surface area contributed by atoms with Crippen LogP contribution in [-0.2, 0) is 10.0 Å². The summed E-state index contributed by atoms with van der Waals surface area (Å²) in [7, 11) is -2.33. The van der Waals surface area contributed by atoms with Crippen LogP contribution in [0.2, 0.25) is 0 Å². The van der Waals surface area contributed by atoms with Crippen molar-refractivity contribution in [1.29, 1.82) is 0 Å². The number of benzene rings is 2. The van der Waals surface area contributed by atoms with Gasteiger partial charge in [0.05, 0.1) is 7.11 Å². The van der Waals surface area contributed by atoms with Crippen LogP contribution in [0.1, 0.15) is 28.8 Å². The zero-order valence-electron chi connectivity index (χ0n) is 14.4. The van der Waals surface area contributed by atoms with Crippen LogP contribution in [0, 0.1) is 10.5 Å². The van der Waals surface area contributed by atoms with Gasteiger partial charge in [-0.05, 0) is 78.3 Å². The quantitative estimate of drug-likeness (QED) is 0.614. The number of aryl methyl sites for hydroxylation is 1. The molecule has 8 heteroatoms. The van der Waals surface area contributed by atoms with Crippen LogP contribution in [0.25, 0.3) is 0 Å². The van der Waals surface area contributed by atoms with Crippen molar-refractivity contribution in [1.82, 2.24) is 4.72 Å². The molecule has 0 bridgehead atoms. The number of carbonyl (C=O) groups excluding carboxylic acids is 1. The molecular weight excluding hydrogens is 467 g/mol. The van der Waals surface area contributed by atoms with E-state index in [-0.39, 0.29) is 28.2 Å². The molecule has 6 nitrogen and oxygen atoms in total. The van der Waals surface area contributed by atoms with Crippen molar-refractivity contribution < 1.29 is 17.9 Å². The van der Waals surface area contributed by atoms with Gasteiger partial charge in [-0.25, -0.2) is 13.1 Å². The SMILES string of the molecule is COc1ccc(C(=O)Nc2ccc(C)c(I)c2)cc1S(=O)(=O)NC1CC1. The van der Waals surface area contributed by atoms with Crippen LogP contribution < -0.4 is 14.8 Å². The minimum Gasteiger partial charge on any atom is -0.495 e. The van der Waals surface area contributed by atoms with E-state index in [9.17, 15) is 13.2 Å². The lowest BCUT2D eigenvalue weighted by Crippen LogP contribution is -2.26. The maximum atomic E-state index is 12.6. The fourth-order valence-corrected chi connectivity index (χ4v) is 4.40. The van der Waals surface area contributed by atoms with Crippen molar-refractivity contribution in [2.75, 3.05) is 12.4 Å². The summed E-state index contributed by atoms with van der Waals surface area (Å²) in [6.07, 6.45) is 1.65. The van der Waals surface area contributed by atoms with E-state index < -0.39 is 10.0 Å². The van der Waals surface area contributed by atoms with Gasteiger partial charge in [-0.2, -0.15) is 0 Å². The first-order valence-corrected chi connectivity index (χ1v) is 10.6. The number of hydrogen-bond acceptors (Lipinski definition) is 4. The Morgan fingerprint density at radius 3 is 2.54 bits per heavy atom. The van der Waals surface area contributed by atoms with Gasteiger partial charge >= 0.3 is 0 Å². The maximum absolute atomic E-state index is 12.6. The van der Waals surface area contributed by atoms with Gasteiger partial charge in [0.15, 0.2) is 0 Å². The first-order chi connectivity index (χ1) is 12.3. The second-order valence-corrected chi connectivity index (χ2v) is 9.02. The topological polar surface area (TPSA) is 84.5 Å². The molecule has 0 atom stereocenters. The molecule has 1 aliphatic carbocycles. The van der Waals surface area contributed by atoms with Crippen molar-refractivity contribution in [2.45, 2.75) is 30.7 Å². The third kappa shape index (κ3) is 4.36. The molecule has 1 fully saturated rings. The largest absolute Gasteiger partial charge is 0.495 e. The number of carbonyl (C=O) groups is 1. The van der Waals surface area contributed by atoms with Crippen molar-refractivity contribution in [2.24, 2.45) is 0 Å². The Morgan fingerprint density at radius 1 is 1.19 bits per heavy atom. The third-order valence-electron chi connectivity index (χ3n) is 4.04. The number of rotatable bonds is 6. The standard InChI is InChI=1S/C18H19IN2O4S/c1-11-3-5-14(10-15(11)19)20-18(22)12-4-8-16(25-2)17(9-12)26(23,24)21-13-6-7-13/h3-5,8-10,13,21H,6-7H2,1-2H3,(H,20,22). The van der Waals surface area contributed by atoms with Crippen molar-refractivity contribution in [3.8, 4) is 5.75 Å². The van der Waals surface area contributed by atoms with Gasteiger partial charge in [0, 0.05) is 20.9 Å². The number of methoxy groups -OCH3 is 1. The molecule has 0 aliphatic heterocycles. The van der Waals surface area contributed by atoms with Crippen molar-refractivity contribution in [3.63, 3.8) is 0 Å². The average molecular weight is 486 g/mol. The van der Waals surface area contributed by atoms with E-state index in [1.54, 1.807) is 6.07 Å². The zero-order valence-corrected chi connectivity index (χ0v) is 17.3. The van der Waals surface area contributed by atoms with E-state index in [1.165, 1.54) is 19.2 Å². The Morgan fingerprint density at radius 2 is 1.92 bits per heavy atom. The lowest BCUT2D eigenvalue weighted by molar-refractivity contribution is 0.102. The Kier molecular flexibility index (Phi) is 5.54. The summed E-state index contributed by atoms with van der Waals surface area (Å²) < 4.78 is 33.9. The van der Waals surface area contributed by atoms with Crippen molar-refractivity contribution >= 4 is 44.2 Å². The predicted octanol–water partition coefficient (Wildman–Crippen LogP) is 3.30. The molecule has 0 aromatic heterocycles. The highest BCUT2D eigenvalue weighted by atomic mass is 127. The zero-order chi connectivity index (χ0) is 18.9. The third-order valence-corrected chi connectivity index (χ3v) is 6.75. The smallest absolute Gasteiger partial charge is 0.255 e. The molecule has 1 aliphatic rings. The van der Waals surface area contributed by atoms with Crippen LogP contribution >= 0.6 is 22.6 Å². The maximum Gasteiger partial charge on any atom is 0.255 e. The van der Waals surface area contributed by atoms with Crippen LogP contribution in [0.3, 0.4) is 0 Å². The Hall–Kier alpha value is -1.65. The van der Waals surface area contributed by atoms with Crippen LogP contribution in [-0.4, -0.2) is 27.5 Å².